The zero-order chi connectivity index (χ0) is 27.0. The summed E-state index contributed by atoms with van der Waals surface area (Å²) in [5.74, 6) is -6.54. The van der Waals surface area contributed by atoms with E-state index in [9.17, 15) is 40.3 Å². The molecule has 0 aromatic heterocycles. The quantitative estimate of drug-likeness (QED) is 0.444. The van der Waals surface area contributed by atoms with Crippen molar-refractivity contribution in [1.29, 1.82) is 0 Å². The van der Waals surface area contributed by atoms with Crippen LogP contribution in [0.25, 0.3) is 0 Å². The summed E-state index contributed by atoms with van der Waals surface area (Å²) in [5, 5.41) is 6.80. The van der Waals surface area contributed by atoms with Crippen LogP contribution in [0.4, 0.5) is 47.8 Å². The Bertz CT molecular complexity index is 1160. The van der Waals surface area contributed by atoms with Gasteiger partial charge in [-0.3, -0.25) is 9.59 Å². The number of halogens is 7. The molecule has 2 atom stereocenters. The van der Waals surface area contributed by atoms with Crippen LogP contribution in [-0.4, -0.2) is 56.2 Å². The molecule has 0 bridgehead atoms. The fourth-order valence-electron chi connectivity index (χ4n) is 4.83. The van der Waals surface area contributed by atoms with Crippen molar-refractivity contribution >= 4 is 28.6 Å². The lowest BCUT2D eigenvalue weighted by atomic mass is 9.89. The van der Waals surface area contributed by atoms with Crippen LogP contribution < -0.4 is 15.5 Å². The van der Waals surface area contributed by atoms with Gasteiger partial charge in [-0.05, 0) is 42.8 Å². The number of nitrogens with one attached hydrogen (secondary N) is 2. The van der Waals surface area contributed by atoms with Gasteiger partial charge in [0, 0.05) is 42.0 Å². The van der Waals surface area contributed by atoms with Crippen molar-refractivity contribution in [2.24, 2.45) is 0 Å². The SMILES string of the molecule is Fc1ccccc1Nc1cc2c3c(c1)[C@@H]1CNCC[C@@H]1N3CCOC2.O=C(C(=O)C(F)(F)F)C(F)(F)F. The fraction of sp³-hybridized carbons (Fsp3) is 0.417. The van der Waals surface area contributed by atoms with Gasteiger partial charge in [-0.25, -0.2) is 4.39 Å². The van der Waals surface area contributed by atoms with Gasteiger partial charge >= 0.3 is 23.9 Å². The number of carbonyl (C=O) groups is 2. The molecule has 37 heavy (non-hydrogen) atoms. The standard InChI is InChI=1S/C20H22FN3O.C4F6O2/c21-17-3-1-2-4-18(17)23-14-9-13-12-25-8-7-24-19-5-6-22-11-16(19)15(10-14)20(13)24;5-3(6,7)1(11)2(12)4(8,9)10/h1-4,9-10,16,19,22-23H,5-8,11-12H2;/t16-,19-;/m0./s1. The molecule has 3 heterocycles. The van der Waals surface area contributed by atoms with Crippen LogP contribution in [0.2, 0.25) is 0 Å². The lowest BCUT2D eigenvalue weighted by Gasteiger charge is -2.33. The highest BCUT2D eigenvalue weighted by atomic mass is 19.4. The van der Waals surface area contributed by atoms with Crippen LogP contribution >= 0.6 is 0 Å². The maximum absolute atomic E-state index is 14.0. The minimum atomic E-state index is -5.77. The van der Waals surface area contributed by atoms with Crippen molar-refractivity contribution < 1.29 is 45.1 Å². The highest BCUT2D eigenvalue weighted by Gasteiger charge is 2.54. The van der Waals surface area contributed by atoms with Gasteiger partial charge in [0.2, 0.25) is 0 Å². The summed E-state index contributed by atoms with van der Waals surface area (Å²) in [7, 11) is 0. The maximum Gasteiger partial charge on any atom is 0.458 e. The van der Waals surface area contributed by atoms with Crippen molar-refractivity contribution in [3.63, 3.8) is 0 Å². The predicted molar refractivity (Wildman–Crippen MR) is 119 cm³/mol. The molecule has 6 nitrogen and oxygen atoms in total. The first-order valence-corrected chi connectivity index (χ1v) is 11.3. The molecule has 2 aromatic carbocycles. The fourth-order valence-corrected chi connectivity index (χ4v) is 4.83. The number of ketones is 2. The van der Waals surface area contributed by atoms with E-state index in [1.165, 1.54) is 22.9 Å². The molecular formula is C24H22F7N3O3. The molecule has 0 unspecified atom stereocenters. The number of hydrogen-bond acceptors (Lipinski definition) is 6. The lowest BCUT2D eigenvalue weighted by molar-refractivity contribution is -0.193. The third-order valence-corrected chi connectivity index (χ3v) is 6.36. The first-order chi connectivity index (χ1) is 17.4. The van der Waals surface area contributed by atoms with E-state index in [0.717, 1.165) is 38.3 Å². The first kappa shape index (κ1) is 26.9. The Kier molecular flexibility index (Phi) is 7.47. The van der Waals surface area contributed by atoms with Gasteiger partial charge in [0.05, 0.1) is 18.9 Å². The second-order valence-corrected chi connectivity index (χ2v) is 8.74. The molecule has 3 aliphatic heterocycles. The number of para-hydroxylation sites is 1. The lowest BCUT2D eigenvalue weighted by Crippen LogP contribution is -2.44. The average Bonchev–Trinajstić information content (AvgIpc) is 2.99. The topological polar surface area (TPSA) is 70.7 Å². The van der Waals surface area contributed by atoms with Crippen LogP contribution in [0, 0.1) is 5.82 Å². The van der Waals surface area contributed by atoms with E-state index in [1.54, 1.807) is 12.1 Å². The summed E-state index contributed by atoms with van der Waals surface area (Å²) in [6.07, 6.45) is -10.4. The molecule has 5 rings (SSSR count). The number of fused-ring (bicyclic) bond motifs is 3. The van der Waals surface area contributed by atoms with E-state index in [2.05, 4.69) is 27.7 Å². The number of benzene rings is 2. The largest absolute Gasteiger partial charge is 0.458 e. The van der Waals surface area contributed by atoms with Crippen LogP contribution in [0.5, 0.6) is 0 Å². The number of ether oxygens (including phenoxy) is 1. The monoisotopic (exact) mass is 533 g/mol. The molecule has 1 saturated heterocycles. The Balaban J connectivity index is 0.000000229. The van der Waals surface area contributed by atoms with Gasteiger partial charge in [0.15, 0.2) is 0 Å². The van der Waals surface area contributed by atoms with Crippen LogP contribution in [-0.2, 0) is 20.9 Å². The molecule has 0 aliphatic carbocycles. The Labute approximate surface area is 206 Å². The van der Waals surface area contributed by atoms with E-state index in [4.69, 9.17) is 4.74 Å². The number of hydrogen-bond donors (Lipinski definition) is 2. The number of nitrogens with zero attached hydrogens (tertiary/aromatic N) is 1. The molecule has 3 aliphatic rings. The molecule has 0 amide bonds. The number of Topliss-reactive ketones (excluding diaryl/α,β-unsaturated/α-hetero) is 2. The van der Waals surface area contributed by atoms with E-state index in [1.807, 2.05) is 6.07 Å². The molecular weight excluding hydrogens is 511 g/mol. The van der Waals surface area contributed by atoms with Crippen molar-refractivity contribution in [1.82, 2.24) is 5.32 Å². The number of alkyl halides is 6. The summed E-state index contributed by atoms with van der Waals surface area (Å²) in [4.78, 5) is 21.8. The number of anilines is 3. The van der Waals surface area contributed by atoms with Crippen molar-refractivity contribution in [3.8, 4) is 0 Å². The number of rotatable bonds is 3. The van der Waals surface area contributed by atoms with E-state index in [0.29, 0.717) is 24.3 Å². The minimum Gasteiger partial charge on any atom is -0.375 e. The minimum absolute atomic E-state index is 0.232. The van der Waals surface area contributed by atoms with Gasteiger partial charge < -0.3 is 20.3 Å². The smallest absolute Gasteiger partial charge is 0.375 e. The van der Waals surface area contributed by atoms with Crippen LogP contribution in [0.15, 0.2) is 36.4 Å². The molecule has 2 aromatic rings. The second kappa shape index (κ2) is 10.3. The Morgan fingerprint density at radius 3 is 2.35 bits per heavy atom. The Morgan fingerprint density at radius 1 is 1.03 bits per heavy atom. The molecule has 0 saturated carbocycles. The van der Waals surface area contributed by atoms with Crippen molar-refractivity contribution in [2.45, 2.75) is 37.3 Å². The molecule has 2 N–H and O–H groups in total. The molecule has 0 radical (unpaired) electrons. The Hall–Kier alpha value is -3.19. The summed E-state index contributed by atoms with van der Waals surface area (Å²) in [6, 6.07) is 11.7. The van der Waals surface area contributed by atoms with Crippen molar-refractivity contribution in [3.05, 3.63) is 53.3 Å². The highest BCUT2D eigenvalue weighted by molar-refractivity contribution is 6.41. The highest BCUT2D eigenvalue weighted by Crippen LogP contribution is 2.47. The van der Waals surface area contributed by atoms with Gasteiger partial charge in [-0.2, -0.15) is 26.3 Å². The third kappa shape index (κ3) is 5.72. The molecule has 1 fully saturated rings. The summed E-state index contributed by atoms with van der Waals surface area (Å²) in [6.45, 7) is 4.43. The zero-order valence-electron chi connectivity index (χ0n) is 19.2. The van der Waals surface area contributed by atoms with Crippen molar-refractivity contribution in [2.75, 3.05) is 36.5 Å². The van der Waals surface area contributed by atoms with Crippen LogP contribution in [0.1, 0.15) is 23.5 Å². The average molecular weight is 533 g/mol. The Morgan fingerprint density at radius 2 is 1.70 bits per heavy atom. The molecule has 200 valence electrons. The molecule has 0 spiro atoms. The normalized spacial score (nSPS) is 20.7. The van der Waals surface area contributed by atoms with E-state index in [-0.39, 0.29) is 5.82 Å². The summed E-state index contributed by atoms with van der Waals surface area (Å²) >= 11 is 0. The second-order valence-electron chi connectivity index (χ2n) is 8.74. The summed E-state index contributed by atoms with van der Waals surface area (Å²) in [5.41, 5.74) is 5.39. The van der Waals surface area contributed by atoms with Gasteiger partial charge in [0.25, 0.3) is 0 Å². The number of piperidine rings is 1. The van der Waals surface area contributed by atoms with Crippen LogP contribution in [0.3, 0.4) is 0 Å². The first-order valence-electron chi connectivity index (χ1n) is 11.3. The zero-order valence-corrected chi connectivity index (χ0v) is 19.2. The van der Waals surface area contributed by atoms with E-state index < -0.39 is 23.9 Å². The predicted octanol–water partition coefficient (Wildman–Crippen LogP) is 4.61. The van der Waals surface area contributed by atoms with E-state index >= 15 is 0 Å². The molecule has 13 heteroatoms. The van der Waals surface area contributed by atoms with Gasteiger partial charge in [0.1, 0.15) is 5.82 Å². The maximum atomic E-state index is 14.0. The van der Waals surface area contributed by atoms with Gasteiger partial charge in [-0.15, -0.1) is 0 Å². The van der Waals surface area contributed by atoms with Gasteiger partial charge in [-0.1, -0.05) is 12.1 Å². The number of carbonyl (C=O) groups excluding carboxylic acids is 2. The summed E-state index contributed by atoms with van der Waals surface area (Å²) < 4.78 is 86.8. The third-order valence-electron chi connectivity index (χ3n) is 6.36.